The van der Waals surface area contributed by atoms with Crippen LogP contribution < -0.4 is 0 Å². The van der Waals surface area contributed by atoms with Gasteiger partial charge in [-0.25, -0.2) is 0 Å². The number of carbonyl (C=O) groups is 1. The first-order chi connectivity index (χ1) is 7.69. The van der Waals surface area contributed by atoms with Gasteiger partial charge >= 0.3 is 5.97 Å². The molecule has 2 rings (SSSR count). The van der Waals surface area contributed by atoms with Gasteiger partial charge < -0.3 is 4.74 Å². The van der Waals surface area contributed by atoms with Crippen LogP contribution >= 0.6 is 11.3 Å². The maximum absolute atomic E-state index is 11.0. The minimum Gasteiger partial charge on any atom is -0.469 e. The summed E-state index contributed by atoms with van der Waals surface area (Å²) in [5, 5.41) is 1.28. The zero-order chi connectivity index (χ0) is 11.5. The lowest BCUT2D eigenvalue weighted by atomic mass is 10.1. The maximum Gasteiger partial charge on any atom is 0.305 e. The summed E-state index contributed by atoms with van der Waals surface area (Å²) in [4.78, 5) is 12.4. The van der Waals surface area contributed by atoms with Gasteiger partial charge in [-0.15, -0.1) is 11.3 Å². The number of hydrogen-bond acceptors (Lipinski definition) is 3. The first-order valence-electron chi connectivity index (χ1n) is 5.25. The predicted octanol–water partition coefficient (Wildman–Crippen LogP) is 3.32. The Morgan fingerprint density at radius 1 is 1.38 bits per heavy atom. The van der Waals surface area contributed by atoms with E-state index in [9.17, 15) is 4.79 Å². The Morgan fingerprint density at radius 3 is 2.94 bits per heavy atom. The average molecular weight is 234 g/mol. The zero-order valence-corrected chi connectivity index (χ0v) is 10.3. The van der Waals surface area contributed by atoms with Crippen molar-refractivity contribution in [2.45, 2.75) is 19.8 Å². The molecule has 0 atom stereocenters. The molecular weight excluding hydrogens is 220 g/mol. The number of esters is 1. The Morgan fingerprint density at radius 2 is 2.19 bits per heavy atom. The molecule has 0 unspecified atom stereocenters. The number of carbonyl (C=O) groups excluding carboxylic acids is 1. The van der Waals surface area contributed by atoms with Crippen LogP contribution in [0.1, 0.15) is 16.9 Å². The Balaban J connectivity index is 2.16. The lowest BCUT2D eigenvalue weighted by Gasteiger charge is -2.00. The Bertz CT molecular complexity index is 514. The molecule has 0 aliphatic carbocycles. The summed E-state index contributed by atoms with van der Waals surface area (Å²) in [5.74, 6) is -0.151. The molecule has 0 spiro atoms. The molecule has 1 aromatic heterocycles. The van der Waals surface area contributed by atoms with E-state index in [1.54, 1.807) is 11.3 Å². The zero-order valence-electron chi connectivity index (χ0n) is 9.45. The lowest BCUT2D eigenvalue weighted by molar-refractivity contribution is -0.140. The van der Waals surface area contributed by atoms with Crippen LogP contribution in [-0.2, 0) is 16.0 Å². The van der Waals surface area contributed by atoms with Crippen molar-refractivity contribution in [3.8, 4) is 0 Å². The molecule has 0 aliphatic rings. The van der Waals surface area contributed by atoms with Crippen molar-refractivity contribution in [1.82, 2.24) is 0 Å². The van der Waals surface area contributed by atoms with Crippen LogP contribution in [0.4, 0.5) is 0 Å². The van der Waals surface area contributed by atoms with Crippen LogP contribution in [0.25, 0.3) is 10.1 Å². The number of rotatable bonds is 3. The Kier molecular flexibility index (Phi) is 3.25. The van der Waals surface area contributed by atoms with E-state index in [-0.39, 0.29) is 5.97 Å². The molecule has 2 aromatic rings. The Labute approximate surface area is 98.9 Å². The summed E-state index contributed by atoms with van der Waals surface area (Å²) in [7, 11) is 1.42. The molecule has 3 heteroatoms. The number of thiophene rings is 1. The van der Waals surface area contributed by atoms with E-state index >= 15 is 0 Å². The van der Waals surface area contributed by atoms with Crippen molar-refractivity contribution < 1.29 is 9.53 Å². The molecule has 16 heavy (non-hydrogen) atoms. The minimum absolute atomic E-state index is 0.151. The largest absolute Gasteiger partial charge is 0.469 e. The number of hydrogen-bond donors (Lipinski definition) is 0. The maximum atomic E-state index is 11.0. The van der Waals surface area contributed by atoms with Crippen LogP contribution in [0.3, 0.4) is 0 Å². The molecule has 0 fully saturated rings. The molecule has 0 amide bonds. The topological polar surface area (TPSA) is 26.3 Å². The van der Waals surface area contributed by atoms with Gasteiger partial charge in [0.25, 0.3) is 0 Å². The van der Waals surface area contributed by atoms with E-state index in [1.807, 2.05) is 0 Å². The molecule has 0 bridgehead atoms. The van der Waals surface area contributed by atoms with Gasteiger partial charge in [-0.1, -0.05) is 12.1 Å². The normalized spacial score (nSPS) is 10.6. The highest BCUT2D eigenvalue weighted by Crippen LogP contribution is 2.26. The van der Waals surface area contributed by atoms with Gasteiger partial charge in [0.05, 0.1) is 7.11 Å². The highest BCUT2D eigenvalue weighted by atomic mass is 32.1. The second-order valence-electron chi connectivity index (χ2n) is 3.81. The van der Waals surface area contributed by atoms with E-state index < -0.39 is 0 Å². The molecule has 1 aromatic carbocycles. The fraction of sp³-hybridized carbons (Fsp3) is 0.308. The fourth-order valence-electron chi connectivity index (χ4n) is 1.71. The summed E-state index contributed by atoms with van der Waals surface area (Å²) in [6.45, 7) is 2.11. The molecule has 0 N–H and O–H groups in total. The molecule has 2 nitrogen and oxygen atoms in total. The van der Waals surface area contributed by atoms with Gasteiger partial charge in [0, 0.05) is 16.0 Å². The number of ether oxygens (including phenoxy) is 1. The van der Waals surface area contributed by atoms with E-state index in [0.29, 0.717) is 6.42 Å². The first kappa shape index (κ1) is 11.1. The van der Waals surface area contributed by atoms with E-state index in [0.717, 1.165) is 6.42 Å². The van der Waals surface area contributed by atoms with Crippen molar-refractivity contribution in [1.29, 1.82) is 0 Å². The summed E-state index contributed by atoms with van der Waals surface area (Å²) in [6.07, 6.45) is 1.20. The smallest absolute Gasteiger partial charge is 0.305 e. The van der Waals surface area contributed by atoms with Crippen LogP contribution in [0.15, 0.2) is 24.3 Å². The molecular formula is C13H14O2S. The monoisotopic (exact) mass is 234 g/mol. The third-order valence-electron chi connectivity index (χ3n) is 2.55. The standard InChI is InChI=1S/C13H14O2S/c1-9-7-11-5-3-10(8-12(11)16-9)4-6-13(14)15-2/h3,5,7-8H,4,6H2,1-2H3. The third kappa shape index (κ3) is 2.42. The molecule has 1 heterocycles. The molecule has 0 saturated carbocycles. The van der Waals surface area contributed by atoms with Crippen molar-refractivity contribution in [2.75, 3.05) is 7.11 Å². The van der Waals surface area contributed by atoms with E-state index in [2.05, 4.69) is 35.9 Å². The molecule has 0 aliphatic heterocycles. The lowest BCUT2D eigenvalue weighted by Crippen LogP contribution is -2.01. The summed E-state index contributed by atoms with van der Waals surface area (Å²) in [5.41, 5.74) is 1.19. The van der Waals surface area contributed by atoms with Crippen molar-refractivity contribution >= 4 is 27.4 Å². The number of fused-ring (bicyclic) bond motifs is 1. The van der Waals surface area contributed by atoms with Crippen LogP contribution in [0, 0.1) is 6.92 Å². The average Bonchev–Trinajstić information content (AvgIpc) is 2.65. The number of methoxy groups -OCH3 is 1. The first-order valence-corrected chi connectivity index (χ1v) is 6.06. The van der Waals surface area contributed by atoms with Crippen LogP contribution in [-0.4, -0.2) is 13.1 Å². The van der Waals surface area contributed by atoms with Gasteiger partial charge in [0.1, 0.15) is 0 Å². The summed E-state index contributed by atoms with van der Waals surface area (Å²) >= 11 is 1.79. The van der Waals surface area contributed by atoms with Crippen LogP contribution in [0.5, 0.6) is 0 Å². The van der Waals surface area contributed by atoms with Gasteiger partial charge in [-0.05, 0) is 36.4 Å². The van der Waals surface area contributed by atoms with Gasteiger partial charge in [0.15, 0.2) is 0 Å². The van der Waals surface area contributed by atoms with Crippen molar-refractivity contribution in [3.63, 3.8) is 0 Å². The summed E-state index contributed by atoms with van der Waals surface area (Å²) < 4.78 is 5.92. The highest BCUT2D eigenvalue weighted by molar-refractivity contribution is 7.19. The fourth-order valence-corrected chi connectivity index (χ4v) is 2.70. The van der Waals surface area contributed by atoms with E-state index in [1.165, 1.54) is 27.6 Å². The van der Waals surface area contributed by atoms with Gasteiger partial charge in [-0.2, -0.15) is 0 Å². The second kappa shape index (κ2) is 4.66. The van der Waals surface area contributed by atoms with Gasteiger partial charge in [-0.3, -0.25) is 4.79 Å². The van der Waals surface area contributed by atoms with Crippen molar-refractivity contribution in [2.24, 2.45) is 0 Å². The third-order valence-corrected chi connectivity index (χ3v) is 3.57. The minimum atomic E-state index is -0.151. The highest BCUT2D eigenvalue weighted by Gasteiger charge is 2.03. The number of benzene rings is 1. The predicted molar refractivity (Wildman–Crippen MR) is 66.9 cm³/mol. The van der Waals surface area contributed by atoms with E-state index in [4.69, 9.17) is 0 Å². The second-order valence-corrected chi connectivity index (χ2v) is 5.09. The quantitative estimate of drug-likeness (QED) is 0.761. The number of aryl methyl sites for hydroxylation is 2. The van der Waals surface area contributed by atoms with Gasteiger partial charge in [0.2, 0.25) is 0 Å². The Hall–Kier alpha value is -1.35. The summed E-state index contributed by atoms with van der Waals surface area (Å²) in [6, 6.07) is 8.54. The molecule has 0 saturated heterocycles. The van der Waals surface area contributed by atoms with Crippen LogP contribution in [0.2, 0.25) is 0 Å². The SMILES string of the molecule is COC(=O)CCc1ccc2cc(C)sc2c1. The van der Waals surface area contributed by atoms with Crippen molar-refractivity contribution in [3.05, 3.63) is 34.7 Å². The molecule has 84 valence electrons. The molecule has 0 radical (unpaired) electrons.